The predicted molar refractivity (Wildman–Crippen MR) is 131 cm³/mol. The highest BCUT2D eigenvalue weighted by Crippen LogP contribution is 2.52. The van der Waals surface area contributed by atoms with Crippen molar-refractivity contribution in [2.24, 2.45) is 23.7 Å². The normalized spacial score (nSPS) is 25.9. The lowest BCUT2D eigenvalue weighted by atomic mass is 9.79. The van der Waals surface area contributed by atoms with Gasteiger partial charge in [-0.05, 0) is 19.3 Å². The molecule has 12 heteroatoms. The molecular formula is C23H31N4O6S2-. The van der Waals surface area contributed by atoms with Gasteiger partial charge in [0.15, 0.2) is 5.13 Å². The molecule has 3 aliphatic rings. The molecule has 0 radical (unpaired) electrons. The molecule has 192 valence electrons. The number of carbonyl (C=O) groups excluding carboxylic acids is 3. The number of thioether (sulfide) groups is 1. The maximum atomic E-state index is 12.5. The summed E-state index contributed by atoms with van der Waals surface area (Å²) in [7, 11) is 0. The van der Waals surface area contributed by atoms with Gasteiger partial charge in [0.2, 0.25) is 11.8 Å². The number of carbonyl (C=O) groups is 3. The van der Waals surface area contributed by atoms with E-state index >= 15 is 0 Å². The van der Waals surface area contributed by atoms with Gasteiger partial charge in [0.05, 0.1) is 42.3 Å². The molecule has 1 aromatic rings. The minimum atomic E-state index is -1.37. The molecule has 10 nitrogen and oxygen atoms in total. The maximum absolute atomic E-state index is 12.5. The lowest BCUT2D eigenvalue weighted by Gasteiger charge is -2.47. The second-order valence-electron chi connectivity index (χ2n) is 9.91. The number of aromatic nitrogens is 1. The summed E-state index contributed by atoms with van der Waals surface area (Å²) < 4.78 is 0. The standard InChI is InChI=1S/C23H32N4O6S2/c1-10(2)5-13(8-28)20(30)24-15-9-34-23(25-15)26-6-14(7-26)35-19-11(3)17-16(12(4)29)21(31)27(17)18(19)22(32)33/h9-14,16-17,28-29H,5-8H2,1-4H3,(H,24,30)(H,32,33)/p-1/t11-,12-,13+,16-,17-/m1/s1. The van der Waals surface area contributed by atoms with E-state index in [-0.39, 0.29) is 47.2 Å². The molecule has 0 bridgehead atoms. The van der Waals surface area contributed by atoms with Crippen molar-refractivity contribution in [1.82, 2.24) is 9.88 Å². The van der Waals surface area contributed by atoms with Crippen LogP contribution in [0.25, 0.3) is 0 Å². The first-order valence-corrected chi connectivity index (χ1v) is 13.5. The SMILES string of the molecule is CC(C)C[C@@H](CO)C(=O)Nc1csc(N2CC(SC3=C(C(=O)[O-])N4C(=O)[C@H]([C@@H](C)O)[C@H]4[C@H]3C)C2)n1. The molecular weight excluding hydrogens is 492 g/mol. The van der Waals surface area contributed by atoms with E-state index in [9.17, 15) is 29.7 Å². The smallest absolute Gasteiger partial charge is 0.235 e. The Morgan fingerprint density at radius 1 is 1.34 bits per heavy atom. The van der Waals surface area contributed by atoms with E-state index in [0.29, 0.717) is 30.2 Å². The Bertz CT molecular complexity index is 1030. The number of fused-ring (bicyclic) bond motifs is 1. The molecule has 0 unspecified atom stereocenters. The van der Waals surface area contributed by atoms with Crippen LogP contribution in [0.15, 0.2) is 16.0 Å². The number of thiazole rings is 1. The fourth-order valence-electron chi connectivity index (χ4n) is 5.05. The fourth-order valence-corrected chi connectivity index (χ4v) is 7.34. The van der Waals surface area contributed by atoms with Crippen LogP contribution in [0.5, 0.6) is 0 Å². The minimum Gasteiger partial charge on any atom is -0.543 e. The molecule has 35 heavy (non-hydrogen) atoms. The summed E-state index contributed by atoms with van der Waals surface area (Å²) in [6, 6.07) is -0.349. The van der Waals surface area contributed by atoms with Crippen LogP contribution in [0.3, 0.4) is 0 Å². The number of nitrogens with one attached hydrogen (secondary N) is 1. The van der Waals surface area contributed by atoms with E-state index in [1.807, 2.05) is 25.7 Å². The molecule has 2 fully saturated rings. The number of carboxylic acids is 1. The van der Waals surface area contributed by atoms with Gasteiger partial charge in [-0.15, -0.1) is 23.1 Å². The van der Waals surface area contributed by atoms with E-state index in [4.69, 9.17) is 0 Å². The molecule has 5 atom stereocenters. The van der Waals surface area contributed by atoms with Crippen LogP contribution in [0.1, 0.15) is 34.1 Å². The maximum Gasteiger partial charge on any atom is 0.235 e. The summed E-state index contributed by atoms with van der Waals surface area (Å²) in [4.78, 5) is 45.2. The van der Waals surface area contributed by atoms with E-state index < -0.39 is 23.9 Å². The Hall–Kier alpha value is -2.15. The van der Waals surface area contributed by atoms with Crippen LogP contribution in [0.2, 0.25) is 0 Å². The first-order chi connectivity index (χ1) is 16.5. The first kappa shape index (κ1) is 25.9. The van der Waals surface area contributed by atoms with Crippen LogP contribution in [-0.4, -0.2) is 75.0 Å². The summed E-state index contributed by atoms with van der Waals surface area (Å²) in [5, 5.41) is 36.7. The van der Waals surface area contributed by atoms with Crippen LogP contribution in [0.4, 0.5) is 10.9 Å². The van der Waals surface area contributed by atoms with Crippen LogP contribution < -0.4 is 15.3 Å². The first-order valence-electron chi connectivity index (χ1n) is 11.8. The second-order valence-corrected chi connectivity index (χ2v) is 12.1. The Morgan fingerprint density at radius 3 is 2.60 bits per heavy atom. The van der Waals surface area contributed by atoms with Crippen LogP contribution in [-0.2, 0) is 14.4 Å². The van der Waals surface area contributed by atoms with E-state index in [1.165, 1.54) is 28.0 Å². The molecule has 0 aromatic carbocycles. The number of anilines is 2. The highest BCUT2D eigenvalue weighted by atomic mass is 32.2. The van der Waals surface area contributed by atoms with Gasteiger partial charge in [0.25, 0.3) is 0 Å². The Morgan fingerprint density at radius 2 is 2.03 bits per heavy atom. The Labute approximate surface area is 212 Å². The minimum absolute atomic E-state index is 0.0630. The largest absolute Gasteiger partial charge is 0.543 e. The topological polar surface area (TPSA) is 146 Å². The van der Waals surface area contributed by atoms with E-state index in [2.05, 4.69) is 10.3 Å². The van der Waals surface area contributed by atoms with Crippen molar-refractivity contribution >= 4 is 51.8 Å². The molecule has 0 aliphatic carbocycles. The highest BCUT2D eigenvalue weighted by molar-refractivity contribution is 8.03. The highest BCUT2D eigenvalue weighted by Gasteiger charge is 2.59. The number of rotatable bonds is 10. The van der Waals surface area contributed by atoms with Gasteiger partial charge in [0.1, 0.15) is 5.82 Å². The summed E-state index contributed by atoms with van der Waals surface area (Å²) in [6.45, 7) is 8.52. The monoisotopic (exact) mass is 523 g/mol. The zero-order valence-corrected chi connectivity index (χ0v) is 21.8. The van der Waals surface area contributed by atoms with E-state index in [1.54, 1.807) is 12.3 Å². The number of β-lactam (4-membered cyclic amide) rings is 1. The van der Waals surface area contributed by atoms with Crippen molar-refractivity contribution in [3.8, 4) is 0 Å². The Balaban J connectivity index is 1.36. The third-order valence-corrected chi connectivity index (χ3v) is 9.16. The molecule has 4 rings (SSSR count). The van der Waals surface area contributed by atoms with Crippen molar-refractivity contribution in [2.75, 3.05) is 29.9 Å². The molecule has 4 heterocycles. The molecule has 0 spiro atoms. The fraction of sp³-hybridized carbons (Fsp3) is 0.652. The summed E-state index contributed by atoms with van der Waals surface area (Å²) in [5.74, 6) is -2.50. The van der Waals surface area contributed by atoms with Crippen molar-refractivity contribution < 1.29 is 29.7 Å². The van der Waals surface area contributed by atoms with Gasteiger partial charge >= 0.3 is 0 Å². The third kappa shape index (κ3) is 4.81. The third-order valence-electron chi connectivity index (χ3n) is 6.80. The zero-order valence-electron chi connectivity index (χ0n) is 20.1. The molecule has 2 saturated heterocycles. The number of nitrogens with zero attached hydrogens (tertiary/aromatic N) is 3. The predicted octanol–water partition coefficient (Wildman–Crippen LogP) is 0.477. The number of aliphatic hydroxyl groups is 2. The Kier molecular flexibility index (Phi) is 7.46. The van der Waals surface area contributed by atoms with Gasteiger partial charge in [0, 0.05) is 34.5 Å². The quantitative estimate of drug-likeness (QED) is 0.373. The average Bonchev–Trinajstić information content (AvgIpc) is 3.28. The van der Waals surface area contributed by atoms with Crippen LogP contribution >= 0.6 is 23.1 Å². The number of aliphatic hydroxyl groups excluding tert-OH is 2. The number of carboxylic acid groups (broad SMARTS) is 1. The molecule has 0 saturated carbocycles. The molecule has 3 N–H and O–H groups in total. The van der Waals surface area contributed by atoms with Gasteiger partial charge in [-0.25, -0.2) is 4.98 Å². The number of hydrogen-bond acceptors (Lipinski definition) is 10. The second kappa shape index (κ2) is 10.1. The van der Waals surface area contributed by atoms with Crippen molar-refractivity contribution in [3.05, 3.63) is 16.0 Å². The van der Waals surface area contributed by atoms with Crippen molar-refractivity contribution in [3.63, 3.8) is 0 Å². The molecule has 3 aliphatic heterocycles. The van der Waals surface area contributed by atoms with E-state index in [0.717, 1.165) is 5.13 Å². The molecule has 1 aromatic heterocycles. The zero-order chi connectivity index (χ0) is 25.6. The molecule has 2 amide bonds. The summed E-state index contributed by atoms with van der Waals surface area (Å²) >= 11 is 2.86. The van der Waals surface area contributed by atoms with Crippen molar-refractivity contribution in [1.29, 1.82) is 0 Å². The lowest BCUT2D eigenvalue weighted by molar-refractivity contribution is -0.301. The summed E-state index contributed by atoms with van der Waals surface area (Å²) in [5.41, 5.74) is -0.0630. The number of aliphatic carboxylic acids is 1. The number of hydrogen-bond donors (Lipinski definition) is 3. The van der Waals surface area contributed by atoms with Gasteiger partial charge in [-0.1, -0.05) is 20.8 Å². The van der Waals surface area contributed by atoms with Gasteiger partial charge in [-0.2, -0.15) is 0 Å². The lowest BCUT2D eigenvalue weighted by Crippen LogP contribution is -2.64. The average molecular weight is 524 g/mol. The van der Waals surface area contributed by atoms with Crippen LogP contribution in [0, 0.1) is 23.7 Å². The summed E-state index contributed by atoms with van der Waals surface area (Å²) in [6.07, 6.45) is -0.246. The van der Waals surface area contributed by atoms with Gasteiger partial charge < -0.3 is 35.2 Å². The van der Waals surface area contributed by atoms with Gasteiger partial charge in [-0.3, -0.25) is 9.59 Å². The number of amides is 2. The van der Waals surface area contributed by atoms with Crippen molar-refractivity contribution in [2.45, 2.75) is 51.5 Å².